The van der Waals surface area contributed by atoms with Crippen molar-refractivity contribution in [2.75, 3.05) is 23.9 Å². The monoisotopic (exact) mass is 535 g/mol. The second-order valence-corrected chi connectivity index (χ2v) is 9.58. The van der Waals surface area contributed by atoms with Crippen LogP contribution >= 0.6 is 24.0 Å². The second-order valence-electron chi connectivity index (χ2n) is 7.90. The van der Waals surface area contributed by atoms with Crippen molar-refractivity contribution < 1.29 is 24.0 Å². The number of ether oxygens (including phenoxy) is 2. The van der Waals surface area contributed by atoms with Crippen LogP contribution < -0.4 is 19.7 Å². The molecule has 11 heteroatoms. The number of non-ortho nitro benzene ring substituents is 1. The van der Waals surface area contributed by atoms with Crippen molar-refractivity contribution in [2.24, 2.45) is 0 Å². The van der Waals surface area contributed by atoms with E-state index >= 15 is 0 Å². The summed E-state index contributed by atoms with van der Waals surface area (Å²) < 4.78 is 11.4. The number of anilines is 2. The van der Waals surface area contributed by atoms with Gasteiger partial charge < -0.3 is 14.8 Å². The van der Waals surface area contributed by atoms with E-state index in [1.807, 2.05) is 31.2 Å². The number of amides is 2. The topological polar surface area (TPSA) is 111 Å². The number of nitrogens with one attached hydrogen (secondary N) is 1. The minimum Gasteiger partial charge on any atom is -0.493 e. The highest BCUT2D eigenvalue weighted by Gasteiger charge is 2.33. The Hall–Kier alpha value is -4.22. The van der Waals surface area contributed by atoms with Gasteiger partial charge in [0.25, 0.3) is 17.5 Å². The van der Waals surface area contributed by atoms with E-state index in [0.29, 0.717) is 37.7 Å². The zero-order chi connectivity index (χ0) is 26.5. The summed E-state index contributed by atoms with van der Waals surface area (Å²) in [6, 6.07) is 18.1. The molecule has 1 heterocycles. The number of aryl methyl sites for hydroxylation is 1. The Kier molecular flexibility index (Phi) is 7.85. The van der Waals surface area contributed by atoms with Crippen LogP contribution in [0.2, 0.25) is 0 Å². The zero-order valence-corrected chi connectivity index (χ0v) is 21.4. The molecule has 1 saturated heterocycles. The lowest BCUT2D eigenvalue weighted by Gasteiger charge is -2.14. The first-order chi connectivity index (χ1) is 17.7. The lowest BCUT2D eigenvalue weighted by molar-refractivity contribution is -0.384. The van der Waals surface area contributed by atoms with Gasteiger partial charge in [0.1, 0.15) is 0 Å². The van der Waals surface area contributed by atoms with E-state index in [1.54, 1.807) is 24.3 Å². The van der Waals surface area contributed by atoms with Crippen molar-refractivity contribution in [1.82, 2.24) is 0 Å². The van der Waals surface area contributed by atoms with Gasteiger partial charge in [-0.15, -0.1) is 0 Å². The second kappa shape index (κ2) is 11.2. The SMILES string of the molecule is COc1cc(/C=C2\SC(=S)N(c3ccc([N+](=O)[O-])cc3)C2=O)ccc1OCC(=O)Nc1ccc(C)cc1. The number of hydrogen-bond acceptors (Lipinski definition) is 8. The Labute approximate surface area is 222 Å². The standard InChI is InChI=1S/C26H21N3O6S2/c1-16-3-6-18(7-4-16)27-24(30)15-35-21-12-5-17(13-22(21)34-2)14-23-25(31)28(26(36)37-23)19-8-10-20(11-9-19)29(32)33/h3-14H,15H2,1-2H3,(H,27,30)/b23-14-. The van der Waals surface area contributed by atoms with Crippen LogP contribution in [0.15, 0.2) is 71.6 Å². The molecule has 188 valence electrons. The van der Waals surface area contributed by atoms with Gasteiger partial charge in [0.2, 0.25) is 0 Å². The van der Waals surface area contributed by atoms with Crippen molar-refractivity contribution >= 4 is 63.3 Å². The van der Waals surface area contributed by atoms with Crippen LogP contribution in [-0.4, -0.2) is 34.8 Å². The third kappa shape index (κ3) is 6.13. The highest BCUT2D eigenvalue weighted by Crippen LogP contribution is 2.37. The molecule has 0 aromatic heterocycles. The smallest absolute Gasteiger partial charge is 0.270 e. The maximum atomic E-state index is 13.0. The third-order valence-corrected chi connectivity index (χ3v) is 6.59. The Morgan fingerprint density at radius 2 is 1.81 bits per heavy atom. The summed E-state index contributed by atoms with van der Waals surface area (Å²) in [4.78, 5) is 37.4. The number of carbonyl (C=O) groups is 2. The number of thiocarbonyl (C=S) groups is 1. The molecular formula is C26H21N3O6S2. The molecule has 37 heavy (non-hydrogen) atoms. The molecule has 0 atom stereocenters. The first kappa shape index (κ1) is 25.9. The third-order valence-electron chi connectivity index (χ3n) is 5.29. The molecule has 0 spiro atoms. The molecule has 4 rings (SSSR count). The lowest BCUT2D eigenvalue weighted by Crippen LogP contribution is -2.27. The summed E-state index contributed by atoms with van der Waals surface area (Å²) in [5, 5.41) is 13.7. The quantitative estimate of drug-likeness (QED) is 0.178. The molecule has 1 fully saturated rings. The summed E-state index contributed by atoms with van der Waals surface area (Å²) in [6.45, 7) is 1.75. The summed E-state index contributed by atoms with van der Waals surface area (Å²) >= 11 is 6.49. The van der Waals surface area contributed by atoms with Gasteiger partial charge in [-0.05, 0) is 55.0 Å². The Morgan fingerprint density at radius 1 is 1.11 bits per heavy atom. The minimum absolute atomic E-state index is 0.0771. The number of carbonyl (C=O) groups excluding carboxylic acids is 2. The summed E-state index contributed by atoms with van der Waals surface area (Å²) in [6.07, 6.45) is 1.67. The fourth-order valence-corrected chi connectivity index (χ4v) is 4.73. The number of rotatable bonds is 8. The van der Waals surface area contributed by atoms with Gasteiger partial charge >= 0.3 is 0 Å². The number of nitro groups is 1. The van der Waals surface area contributed by atoms with Gasteiger partial charge in [-0.2, -0.15) is 0 Å². The van der Waals surface area contributed by atoms with E-state index < -0.39 is 4.92 Å². The zero-order valence-electron chi connectivity index (χ0n) is 19.8. The first-order valence-electron chi connectivity index (χ1n) is 10.9. The normalized spacial score (nSPS) is 14.1. The average molecular weight is 536 g/mol. The first-order valence-corrected chi connectivity index (χ1v) is 12.2. The van der Waals surface area contributed by atoms with Crippen LogP contribution in [0.25, 0.3) is 6.08 Å². The van der Waals surface area contributed by atoms with Crippen LogP contribution in [0.1, 0.15) is 11.1 Å². The number of methoxy groups -OCH3 is 1. The molecule has 0 saturated carbocycles. The Balaban J connectivity index is 1.44. The van der Waals surface area contributed by atoms with Gasteiger partial charge in [-0.3, -0.25) is 24.6 Å². The average Bonchev–Trinajstić information content (AvgIpc) is 3.16. The molecule has 0 bridgehead atoms. The molecule has 1 aliphatic heterocycles. The Morgan fingerprint density at radius 3 is 2.46 bits per heavy atom. The van der Waals surface area contributed by atoms with Crippen LogP contribution in [0.3, 0.4) is 0 Å². The maximum Gasteiger partial charge on any atom is 0.270 e. The lowest BCUT2D eigenvalue weighted by atomic mass is 10.1. The van der Waals surface area contributed by atoms with Crippen LogP contribution in [0, 0.1) is 17.0 Å². The van der Waals surface area contributed by atoms with E-state index in [9.17, 15) is 19.7 Å². The molecule has 3 aromatic rings. The van der Waals surface area contributed by atoms with Crippen LogP contribution in [0.5, 0.6) is 11.5 Å². The van der Waals surface area contributed by atoms with E-state index in [1.165, 1.54) is 36.3 Å². The van der Waals surface area contributed by atoms with Crippen molar-refractivity contribution in [2.45, 2.75) is 6.92 Å². The van der Waals surface area contributed by atoms with Gasteiger partial charge in [0.15, 0.2) is 22.4 Å². The van der Waals surface area contributed by atoms with Crippen molar-refractivity contribution in [3.63, 3.8) is 0 Å². The highest BCUT2D eigenvalue weighted by atomic mass is 32.2. The van der Waals surface area contributed by atoms with Crippen molar-refractivity contribution in [3.05, 3.63) is 92.9 Å². The molecule has 0 unspecified atom stereocenters. The summed E-state index contributed by atoms with van der Waals surface area (Å²) in [5.74, 6) is 0.112. The highest BCUT2D eigenvalue weighted by molar-refractivity contribution is 8.27. The van der Waals surface area contributed by atoms with Gasteiger partial charge in [0, 0.05) is 17.8 Å². The molecule has 9 nitrogen and oxygen atoms in total. The molecule has 3 aromatic carbocycles. The predicted octanol–water partition coefficient (Wildman–Crippen LogP) is 5.34. The molecule has 0 aliphatic carbocycles. The minimum atomic E-state index is -0.509. The van der Waals surface area contributed by atoms with Crippen LogP contribution in [0.4, 0.5) is 17.1 Å². The number of nitro benzene ring substituents is 1. The molecule has 1 N–H and O–H groups in total. The van der Waals surface area contributed by atoms with Gasteiger partial charge in [-0.1, -0.05) is 47.7 Å². The van der Waals surface area contributed by atoms with E-state index in [2.05, 4.69) is 5.32 Å². The van der Waals surface area contributed by atoms with E-state index in [4.69, 9.17) is 21.7 Å². The van der Waals surface area contributed by atoms with Crippen LogP contribution in [-0.2, 0) is 9.59 Å². The molecule has 2 amide bonds. The van der Waals surface area contributed by atoms with E-state index in [-0.39, 0.29) is 24.1 Å². The predicted molar refractivity (Wildman–Crippen MR) is 147 cm³/mol. The van der Waals surface area contributed by atoms with Gasteiger partial charge in [0.05, 0.1) is 22.6 Å². The fourth-order valence-electron chi connectivity index (χ4n) is 3.44. The Bertz CT molecular complexity index is 1400. The maximum absolute atomic E-state index is 13.0. The van der Waals surface area contributed by atoms with Gasteiger partial charge in [-0.25, -0.2) is 0 Å². The molecular weight excluding hydrogens is 514 g/mol. The number of nitrogens with zero attached hydrogens (tertiary/aromatic N) is 2. The fraction of sp³-hybridized carbons (Fsp3) is 0.115. The summed E-state index contributed by atoms with van der Waals surface area (Å²) in [7, 11) is 1.48. The largest absolute Gasteiger partial charge is 0.493 e. The number of hydrogen-bond donors (Lipinski definition) is 1. The summed E-state index contributed by atoms with van der Waals surface area (Å²) in [5.41, 5.74) is 2.80. The van der Waals surface area contributed by atoms with Crippen molar-refractivity contribution in [3.8, 4) is 11.5 Å². The molecule has 1 aliphatic rings. The number of benzene rings is 3. The number of thioether (sulfide) groups is 1. The van der Waals surface area contributed by atoms with Crippen molar-refractivity contribution in [1.29, 1.82) is 0 Å². The molecule has 0 radical (unpaired) electrons. The van der Waals surface area contributed by atoms with E-state index in [0.717, 1.165) is 17.3 Å².